The zero-order valence-corrected chi connectivity index (χ0v) is 18.3. The summed E-state index contributed by atoms with van der Waals surface area (Å²) >= 11 is 0. The number of nitrogens with zero attached hydrogens (tertiary/aromatic N) is 5. The van der Waals surface area contributed by atoms with E-state index in [0.29, 0.717) is 0 Å². The maximum absolute atomic E-state index is 4.66. The van der Waals surface area contributed by atoms with Gasteiger partial charge in [-0.3, -0.25) is 25.9 Å². The van der Waals surface area contributed by atoms with Gasteiger partial charge in [0.2, 0.25) is 0 Å². The highest BCUT2D eigenvalue weighted by Gasteiger charge is 2.23. The summed E-state index contributed by atoms with van der Waals surface area (Å²) < 4.78 is 0. The molecule has 0 fully saturated rings. The number of hydrogen-bond acceptors (Lipinski definition) is 7. The van der Waals surface area contributed by atoms with E-state index in [1.807, 2.05) is 70.7 Å². The van der Waals surface area contributed by atoms with E-state index in [4.69, 9.17) is 0 Å². The molecule has 2 aromatic carbocycles. The lowest BCUT2D eigenvalue weighted by atomic mass is 10.1. The van der Waals surface area contributed by atoms with Crippen molar-refractivity contribution in [2.24, 2.45) is 0 Å². The molecule has 4 aliphatic rings. The zero-order chi connectivity index (χ0) is 23.1. The van der Waals surface area contributed by atoms with Gasteiger partial charge in [-0.1, -0.05) is 49.6 Å². The van der Waals surface area contributed by atoms with E-state index in [1.165, 1.54) is 0 Å². The Hall–Kier alpha value is -4.91. The Labute approximate surface area is 197 Å². The molecular weight excluding hydrogens is 422 g/mol. The van der Waals surface area contributed by atoms with Gasteiger partial charge in [-0.2, -0.15) is 0 Å². The predicted octanol–water partition coefficient (Wildman–Crippen LogP) is 5.54. The lowest BCUT2D eigenvalue weighted by molar-refractivity contribution is 0.669. The van der Waals surface area contributed by atoms with Crippen molar-refractivity contribution in [3.05, 3.63) is 115 Å². The summed E-state index contributed by atoms with van der Waals surface area (Å²) in [6.07, 6.45) is 9.30. The molecule has 0 aromatic heterocycles. The van der Waals surface area contributed by atoms with E-state index in [-0.39, 0.29) is 0 Å². The average Bonchev–Trinajstić information content (AvgIpc) is 3.50. The second kappa shape index (κ2) is 7.90. The highest BCUT2D eigenvalue weighted by molar-refractivity contribution is 5.93. The van der Waals surface area contributed by atoms with Gasteiger partial charge in [0.05, 0.1) is 40.4 Å². The van der Waals surface area contributed by atoms with Crippen LogP contribution in [-0.4, -0.2) is 25.2 Å². The van der Waals surface area contributed by atoms with Crippen LogP contribution >= 0.6 is 0 Å². The Bertz CT molecular complexity index is 1470. The largest absolute Gasteiger partial charge is 0.294 e. The van der Waals surface area contributed by atoms with Gasteiger partial charge < -0.3 is 0 Å². The molecule has 0 saturated carbocycles. The van der Waals surface area contributed by atoms with Crippen LogP contribution in [0, 0.1) is 0 Å². The first-order valence-electron chi connectivity index (χ1n) is 10.9. The molecule has 0 radical (unpaired) electrons. The van der Waals surface area contributed by atoms with Crippen LogP contribution in [0.5, 0.6) is 0 Å². The minimum absolute atomic E-state index is 0.728. The van der Waals surface area contributed by atoms with E-state index < -0.39 is 0 Å². The number of para-hydroxylation sites is 2. The molecule has 4 heterocycles. The van der Waals surface area contributed by atoms with Crippen molar-refractivity contribution >= 4 is 34.9 Å². The molecule has 2 N–H and O–H groups in total. The molecule has 34 heavy (non-hydrogen) atoms. The number of fused-ring (bicyclic) bond motifs is 3. The third-order valence-electron chi connectivity index (χ3n) is 5.90. The smallest absolute Gasteiger partial charge is 0.113 e. The Balaban J connectivity index is 1.41. The first-order valence-corrected chi connectivity index (χ1v) is 10.9. The number of nitrogens with one attached hydrogen (secondary N) is 2. The topological polar surface area (TPSA) is 69.2 Å². The minimum atomic E-state index is 0.728. The van der Waals surface area contributed by atoms with Gasteiger partial charge in [-0.05, 0) is 36.4 Å². The molecule has 0 unspecified atom stereocenters. The van der Waals surface area contributed by atoms with Crippen LogP contribution in [0.1, 0.15) is 22.5 Å². The highest BCUT2D eigenvalue weighted by Crippen LogP contribution is 2.37. The highest BCUT2D eigenvalue weighted by atomic mass is 15.5. The van der Waals surface area contributed by atoms with Gasteiger partial charge in [0.25, 0.3) is 0 Å². The minimum Gasteiger partial charge on any atom is -0.294 e. The summed E-state index contributed by atoms with van der Waals surface area (Å²) in [5.41, 5.74) is 16.1. The van der Waals surface area contributed by atoms with Gasteiger partial charge in [0.1, 0.15) is 5.69 Å². The molecule has 7 heteroatoms. The Morgan fingerprint density at radius 2 is 1.29 bits per heavy atom. The van der Waals surface area contributed by atoms with Crippen molar-refractivity contribution in [2.45, 2.75) is 0 Å². The number of benzene rings is 2. The molecule has 7 nitrogen and oxygen atoms in total. The van der Waals surface area contributed by atoms with Gasteiger partial charge >= 0.3 is 0 Å². The molecule has 4 aliphatic heterocycles. The predicted molar refractivity (Wildman–Crippen MR) is 136 cm³/mol. The van der Waals surface area contributed by atoms with Crippen LogP contribution in [0.3, 0.4) is 0 Å². The monoisotopic (exact) mass is 443 g/mol. The van der Waals surface area contributed by atoms with Gasteiger partial charge in [0, 0.05) is 29.1 Å². The quantitative estimate of drug-likeness (QED) is 0.429. The van der Waals surface area contributed by atoms with Gasteiger partial charge in [0.15, 0.2) is 0 Å². The fraction of sp³-hybridized carbons (Fsp3) is 0. The molecule has 0 saturated heterocycles. The summed E-state index contributed by atoms with van der Waals surface area (Å²) in [5, 5.41) is 12.6. The maximum atomic E-state index is 4.66. The molecule has 164 valence electrons. The van der Waals surface area contributed by atoms with Crippen molar-refractivity contribution < 1.29 is 0 Å². The van der Waals surface area contributed by atoms with Crippen LogP contribution in [0.4, 0.5) is 11.4 Å². The number of hydrogen-bond donors (Lipinski definition) is 2. The molecular formula is C27H21N7. The molecule has 0 bridgehead atoms. The third kappa shape index (κ3) is 3.18. The fourth-order valence-corrected chi connectivity index (χ4v) is 4.25. The summed E-state index contributed by atoms with van der Waals surface area (Å²) in [6, 6.07) is 20.3. The van der Waals surface area contributed by atoms with Crippen molar-refractivity contribution in [1.82, 2.24) is 25.2 Å². The fourth-order valence-electron chi connectivity index (χ4n) is 4.25. The van der Waals surface area contributed by atoms with Gasteiger partial charge in [-0.25, -0.2) is 0 Å². The molecule has 6 rings (SSSR count). The van der Waals surface area contributed by atoms with Crippen molar-refractivity contribution in [3.63, 3.8) is 0 Å². The lowest BCUT2D eigenvalue weighted by Crippen LogP contribution is -2.14. The van der Waals surface area contributed by atoms with Crippen molar-refractivity contribution in [2.75, 3.05) is 10.9 Å². The number of anilines is 2. The Morgan fingerprint density at radius 1 is 0.676 bits per heavy atom. The first kappa shape index (κ1) is 19.8. The van der Waals surface area contributed by atoms with Crippen LogP contribution in [0.2, 0.25) is 0 Å². The zero-order valence-electron chi connectivity index (χ0n) is 18.3. The Morgan fingerprint density at radius 3 is 1.94 bits per heavy atom. The van der Waals surface area contributed by atoms with Crippen LogP contribution in [0.15, 0.2) is 92.4 Å². The van der Waals surface area contributed by atoms with E-state index >= 15 is 0 Å². The second-order valence-corrected chi connectivity index (χ2v) is 7.88. The lowest BCUT2D eigenvalue weighted by Gasteiger charge is -2.14. The molecule has 0 atom stereocenters. The molecule has 0 spiro atoms. The molecule has 0 aliphatic carbocycles. The summed E-state index contributed by atoms with van der Waals surface area (Å²) in [6.45, 7) is 7.84. The van der Waals surface area contributed by atoms with E-state index in [2.05, 4.69) is 51.3 Å². The molecule has 0 amide bonds. The van der Waals surface area contributed by atoms with E-state index in [1.54, 1.807) is 18.6 Å². The number of aromatic nitrogens is 3. The number of rotatable bonds is 4. The van der Waals surface area contributed by atoms with Crippen molar-refractivity contribution in [3.8, 4) is 11.3 Å². The van der Waals surface area contributed by atoms with Crippen molar-refractivity contribution in [1.29, 1.82) is 0 Å². The molecule has 2 aromatic rings. The SMILES string of the molecule is C=CN1Nc2ccccc2/C1=C\c1ccc2c(/C=C3\c4ccccc4NN3C=C)nnc-2cn1. The van der Waals surface area contributed by atoms with E-state index in [0.717, 1.165) is 56.5 Å². The standard InChI is InChI=1S/C27H21N7/c1-3-33-26(20-9-5-7-11-22(20)31-33)15-18-13-14-19-24(29-30-25(19)17-28-18)16-27-21-10-6-8-12-23(21)32-34(27)4-2/h3-17,31-32H,1-2H2/b26-15+,27-16+. The van der Waals surface area contributed by atoms with Crippen LogP contribution in [0.25, 0.3) is 34.8 Å². The first-order chi connectivity index (χ1) is 16.7. The van der Waals surface area contributed by atoms with Crippen LogP contribution < -0.4 is 10.9 Å². The summed E-state index contributed by atoms with van der Waals surface area (Å²) in [7, 11) is 0. The summed E-state index contributed by atoms with van der Waals surface area (Å²) in [4.78, 5) is 4.66. The average molecular weight is 444 g/mol. The van der Waals surface area contributed by atoms with E-state index in [9.17, 15) is 0 Å². The van der Waals surface area contributed by atoms with Crippen LogP contribution in [-0.2, 0) is 0 Å². The summed E-state index contributed by atoms with van der Waals surface area (Å²) in [5.74, 6) is 0. The third-order valence-corrected chi connectivity index (χ3v) is 5.90. The normalized spacial score (nSPS) is 16.4. The maximum Gasteiger partial charge on any atom is 0.113 e. The second-order valence-electron chi connectivity index (χ2n) is 7.88. The van der Waals surface area contributed by atoms with Gasteiger partial charge in [-0.15, -0.1) is 10.2 Å². The Kier molecular flexibility index (Phi) is 4.59. The number of hydrazine groups is 2.